The fraction of sp³-hybridized carbons (Fsp3) is 0.800. The van der Waals surface area contributed by atoms with Gasteiger partial charge in [0.1, 0.15) is 0 Å². The summed E-state index contributed by atoms with van der Waals surface area (Å²) >= 11 is 0. The van der Waals surface area contributed by atoms with Gasteiger partial charge in [-0.25, -0.2) is 0 Å². The fourth-order valence-corrected chi connectivity index (χ4v) is 1.59. The Hall–Kier alpha value is -1.06. The summed E-state index contributed by atoms with van der Waals surface area (Å²) < 4.78 is 0. The van der Waals surface area contributed by atoms with Crippen LogP contribution in [0.3, 0.4) is 0 Å². The predicted octanol–water partition coefficient (Wildman–Crippen LogP) is 0.966. The molecule has 0 aromatic carbocycles. The third kappa shape index (κ3) is 2.47. The second-order valence-corrected chi connectivity index (χ2v) is 4.92. The maximum absolute atomic E-state index is 11.7. The Morgan fingerprint density at radius 2 is 1.86 bits per heavy atom. The van der Waals surface area contributed by atoms with Gasteiger partial charge in [0.25, 0.3) is 0 Å². The van der Waals surface area contributed by atoms with Crippen molar-refractivity contribution in [2.45, 2.75) is 27.2 Å². The van der Waals surface area contributed by atoms with E-state index in [1.165, 1.54) is 0 Å². The Morgan fingerprint density at radius 3 is 2.21 bits per heavy atom. The number of nitrogens with zero attached hydrogens (tertiary/aromatic N) is 1. The summed E-state index contributed by atoms with van der Waals surface area (Å²) in [7, 11) is 0. The molecule has 0 radical (unpaired) electrons. The van der Waals surface area contributed by atoms with E-state index in [4.69, 9.17) is 5.11 Å². The van der Waals surface area contributed by atoms with Crippen molar-refractivity contribution in [1.29, 1.82) is 0 Å². The predicted molar refractivity (Wildman–Crippen MR) is 51.8 cm³/mol. The first-order valence-electron chi connectivity index (χ1n) is 4.82. The lowest BCUT2D eigenvalue weighted by Crippen LogP contribution is -2.54. The molecule has 0 bridgehead atoms. The summed E-state index contributed by atoms with van der Waals surface area (Å²) in [6, 6.07) is 0. The minimum atomic E-state index is -0.780. The molecule has 1 N–H and O–H groups in total. The van der Waals surface area contributed by atoms with Crippen LogP contribution in [0.25, 0.3) is 0 Å². The largest absolute Gasteiger partial charge is 0.481 e. The highest BCUT2D eigenvalue weighted by molar-refractivity contribution is 5.82. The maximum Gasteiger partial charge on any atom is 0.303 e. The van der Waals surface area contributed by atoms with Crippen molar-refractivity contribution in [3.05, 3.63) is 0 Å². The number of hydrogen-bond donors (Lipinski definition) is 1. The molecule has 1 aliphatic heterocycles. The molecule has 1 fully saturated rings. The van der Waals surface area contributed by atoms with Gasteiger partial charge < -0.3 is 10.0 Å². The first-order valence-corrected chi connectivity index (χ1v) is 4.82. The number of carboxylic acid groups (broad SMARTS) is 1. The SMILES string of the molecule is CC(C)(C)C(=O)N1CC(CC(=O)O)C1. The van der Waals surface area contributed by atoms with Crippen LogP contribution in [0.4, 0.5) is 0 Å². The van der Waals surface area contributed by atoms with Crippen molar-refractivity contribution in [1.82, 2.24) is 4.90 Å². The molecule has 0 unspecified atom stereocenters. The Bertz CT molecular complexity index is 249. The zero-order chi connectivity index (χ0) is 10.9. The average molecular weight is 199 g/mol. The highest BCUT2D eigenvalue weighted by Gasteiger charge is 2.36. The summed E-state index contributed by atoms with van der Waals surface area (Å²) in [6.45, 7) is 6.82. The van der Waals surface area contributed by atoms with Crippen LogP contribution in [0.15, 0.2) is 0 Å². The fourth-order valence-electron chi connectivity index (χ4n) is 1.59. The van der Waals surface area contributed by atoms with E-state index < -0.39 is 5.97 Å². The third-order valence-corrected chi connectivity index (χ3v) is 2.35. The smallest absolute Gasteiger partial charge is 0.303 e. The number of carboxylic acids is 1. The lowest BCUT2D eigenvalue weighted by Gasteiger charge is -2.41. The van der Waals surface area contributed by atoms with E-state index >= 15 is 0 Å². The van der Waals surface area contributed by atoms with Gasteiger partial charge in [-0.05, 0) is 0 Å². The molecule has 80 valence electrons. The van der Waals surface area contributed by atoms with Crippen molar-refractivity contribution in [3.63, 3.8) is 0 Å². The summed E-state index contributed by atoms with van der Waals surface area (Å²) in [4.78, 5) is 23.8. The Labute approximate surface area is 83.9 Å². The lowest BCUT2D eigenvalue weighted by molar-refractivity contribution is -0.150. The van der Waals surface area contributed by atoms with E-state index in [-0.39, 0.29) is 23.7 Å². The van der Waals surface area contributed by atoms with E-state index in [9.17, 15) is 9.59 Å². The Morgan fingerprint density at radius 1 is 1.36 bits per heavy atom. The van der Waals surface area contributed by atoms with E-state index in [1.807, 2.05) is 20.8 Å². The Kier molecular flexibility index (Phi) is 2.83. The zero-order valence-corrected chi connectivity index (χ0v) is 8.91. The highest BCUT2D eigenvalue weighted by atomic mass is 16.4. The number of likely N-dealkylation sites (tertiary alicyclic amines) is 1. The van der Waals surface area contributed by atoms with Crippen LogP contribution >= 0.6 is 0 Å². The van der Waals surface area contributed by atoms with Gasteiger partial charge in [0.15, 0.2) is 0 Å². The Balaban J connectivity index is 2.35. The van der Waals surface area contributed by atoms with Gasteiger partial charge in [0, 0.05) is 24.4 Å². The van der Waals surface area contributed by atoms with Crippen molar-refractivity contribution in [2.75, 3.05) is 13.1 Å². The van der Waals surface area contributed by atoms with Crippen LogP contribution < -0.4 is 0 Å². The van der Waals surface area contributed by atoms with Gasteiger partial charge in [0.05, 0.1) is 6.42 Å². The molecule has 1 rings (SSSR count). The minimum Gasteiger partial charge on any atom is -0.481 e. The van der Waals surface area contributed by atoms with Crippen LogP contribution in [0.5, 0.6) is 0 Å². The standard InChI is InChI=1S/C10H17NO3/c1-10(2,3)9(14)11-5-7(6-11)4-8(12)13/h7H,4-6H2,1-3H3,(H,12,13). The summed E-state index contributed by atoms with van der Waals surface area (Å²) in [5.74, 6) is -0.518. The van der Waals surface area contributed by atoms with Gasteiger partial charge in [-0.3, -0.25) is 9.59 Å². The monoisotopic (exact) mass is 199 g/mol. The molecule has 0 atom stereocenters. The summed E-state index contributed by atoms with van der Waals surface area (Å²) in [5, 5.41) is 8.53. The number of rotatable bonds is 2. The van der Waals surface area contributed by atoms with Crippen molar-refractivity contribution in [3.8, 4) is 0 Å². The molecule has 0 aromatic rings. The molecule has 0 saturated carbocycles. The summed E-state index contributed by atoms with van der Waals surface area (Å²) in [6.07, 6.45) is 0.175. The van der Waals surface area contributed by atoms with Gasteiger partial charge in [-0.2, -0.15) is 0 Å². The van der Waals surface area contributed by atoms with Crippen LogP contribution in [0.2, 0.25) is 0 Å². The molecule has 14 heavy (non-hydrogen) atoms. The highest BCUT2D eigenvalue weighted by Crippen LogP contribution is 2.25. The van der Waals surface area contributed by atoms with Crippen LogP contribution in [0.1, 0.15) is 27.2 Å². The zero-order valence-electron chi connectivity index (χ0n) is 8.91. The molecule has 1 saturated heterocycles. The second kappa shape index (κ2) is 3.59. The van der Waals surface area contributed by atoms with Gasteiger partial charge in [-0.1, -0.05) is 20.8 Å². The van der Waals surface area contributed by atoms with Crippen molar-refractivity contribution in [2.24, 2.45) is 11.3 Å². The molecule has 1 heterocycles. The third-order valence-electron chi connectivity index (χ3n) is 2.35. The molecular formula is C10H17NO3. The number of amides is 1. The first-order chi connectivity index (χ1) is 6.30. The van der Waals surface area contributed by atoms with Gasteiger partial charge in [-0.15, -0.1) is 0 Å². The van der Waals surface area contributed by atoms with E-state index in [0.717, 1.165) is 0 Å². The molecular weight excluding hydrogens is 182 g/mol. The van der Waals surface area contributed by atoms with Crippen LogP contribution in [-0.4, -0.2) is 35.0 Å². The van der Waals surface area contributed by atoms with E-state index in [0.29, 0.717) is 13.1 Å². The number of aliphatic carboxylic acids is 1. The number of carbonyl (C=O) groups is 2. The average Bonchev–Trinajstić information content (AvgIpc) is 1.92. The number of carbonyl (C=O) groups excluding carboxylic acids is 1. The molecule has 1 amide bonds. The summed E-state index contributed by atoms with van der Waals surface area (Å²) in [5.41, 5.74) is -0.353. The lowest BCUT2D eigenvalue weighted by atomic mass is 9.89. The molecule has 1 aliphatic rings. The van der Waals surface area contributed by atoms with Crippen LogP contribution in [0, 0.1) is 11.3 Å². The van der Waals surface area contributed by atoms with Crippen molar-refractivity contribution >= 4 is 11.9 Å². The van der Waals surface area contributed by atoms with Crippen molar-refractivity contribution < 1.29 is 14.7 Å². The second-order valence-electron chi connectivity index (χ2n) is 4.92. The van der Waals surface area contributed by atoms with Crippen LogP contribution in [-0.2, 0) is 9.59 Å². The normalized spacial score (nSPS) is 17.8. The van der Waals surface area contributed by atoms with E-state index in [1.54, 1.807) is 4.90 Å². The number of hydrogen-bond acceptors (Lipinski definition) is 2. The first kappa shape index (κ1) is 11.0. The molecule has 4 heteroatoms. The molecule has 0 aliphatic carbocycles. The molecule has 4 nitrogen and oxygen atoms in total. The topological polar surface area (TPSA) is 57.6 Å². The van der Waals surface area contributed by atoms with E-state index in [2.05, 4.69) is 0 Å². The van der Waals surface area contributed by atoms with Gasteiger partial charge >= 0.3 is 5.97 Å². The molecule has 0 aromatic heterocycles. The maximum atomic E-state index is 11.7. The minimum absolute atomic E-state index is 0.110. The quantitative estimate of drug-likeness (QED) is 0.720. The molecule has 0 spiro atoms. The van der Waals surface area contributed by atoms with Gasteiger partial charge in [0.2, 0.25) is 5.91 Å².